The number of amides is 2. The van der Waals surface area contributed by atoms with Crippen LogP contribution in [0.25, 0.3) is 0 Å². The van der Waals surface area contributed by atoms with Crippen LogP contribution in [0.1, 0.15) is 40.9 Å². The Bertz CT molecular complexity index is 716. The lowest BCUT2D eigenvalue weighted by molar-refractivity contribution is -0.132. The van der Waals surface area contributed by atoms with E-state index in [0.29, 0.717) is 25.3 Å². The van der Waals surface area contributed by atoms with E-state index < -0.39 is 0 Å². The standard InChI is InChI=1S/C20H24N2O3/c1-15-4-2-5-16(14-15)7-8-19(23)22-11-9-17(10-12-22)21-20(24)18-6-3-13-25-18/h2-6,13-14,17H,7-12H2,1H3,(H,21,24). The Morgan fingerprint density at radius 1 is 1.20 bits per heavy atom. The van der Waals surface area contributed by atoms with Crippen LogP contribution in [-0.2, 0) is 11.2 Å². The summed E-state index contributed by atoms with van der Waals surface area (Å²) < 4.78 is 5.10. The summed E-state index contributed by atoms with van der Waals surface area (Å²) in [7, 11) is 0. The summed E-state index contributed by atoms with van der Waals surface area (Å²) in [5.74, 6) is 0.336. The third-order valence-corrected chi connectivity index (χ3v) is 4.64. The van der Waals surface area contributed by atoms with Gasteiger partial charge in [0.25, 0.3) is 5.91 Å². The van der Waals surface area contributed by atoms with Crippen molar-refractivity contribution in [3.8, 4) is 0 Å². The molecule has 1 fully saturated rings. The fourth-order valence-electron chi connectivity index (χ4n) is 3.21. The highest BCUT2D eigenvalue weighted by molar-refractivity contribution is 5.91. The summed E-state index contributed by atoms with van der Waals surface area (Å²) in [6.07, 6.45) is 4.36. The van der Waals surface area contributed by atoms with Crippen molar-refractivity contribution in [2.24, 2.45) is 0 Å². The van der Waals surface area contributed by atoms with Crippen molar-refractivity contribution in [3.05, 3.63) is 59.5 Å². The summed E-state index contributed by atoms with van der Waals surface area (Å²) in [4.78, 5) is 26.3. The summed E-state index contributed by atoms with van der Waals surface area (Å²) >= 11 is 0. The highest BCUT2D eigenvalue weighted by Gasteiger charge is 2.24. The van der Waals surface area contributed by atoms with Crippen LogP contribution in [-0.4, -0.2) is 35.8 Å². The highest BCUT2D eigenvalue weighted by atomic mass is 16.3. The number of hydrogen-bond acceptors (Lipinski definition) is 3. The second-order valence-electron chi connectivity index (χ2n) is 6.59. The number of carbonyl (C=O) groups excluding carboxylic acids is 2. The van der Waals surface area contributed by atoms with E-state index >= 15 is 0 Å². The van der Waals surface area contributed by atoms with E-state index in [9.17, 15) is 9.59 Å². The molecule has 2 aromatic rings. The number of benzene rings is 1. The van der Waals surface area contributed by atoms with Gasteiger partial charge in [-0.3, -0.25) is 9.59 Å². The number of nitrogens with one attached hydrogen (secondary N) is 1. The van der Waals surface area contributed by atoms with E-state index in [0.717, 1.165) is 19.3 Å². The molecule has 1 saturated heterocycles. The minimum atomic E-state index is -0.186. The van der Waals surface area contributed by atoms with E-state index in [4.69, 9.17) is 4.42 Å². The molecule has 5 nitrogen and oxygen atoms in total. The van der Waals surface area contributed by atoms with Gasteiger partial charge in [-0.15, -0.1) is 0 Å². The zero-order valence-corrected chi connectivity index (χ0v) is 14.5. The van der Waals surface area contributed by atoms with Gasteiger partial charge in [-0.25, -0.2) is 0 Å². The number of piperidine rings is 1. The van der Waals surface area contributed by atoms with Crippen LogP contribution in [0.3, 0.4) is 0 Å². The molecular formula is C20H24N2O3. The Balaban J connectivity index is 1.42. The fourth-order valence-corrected chi connectivity index (χ4v) is 3.21. The van der Waals surface area contributed by atoms with Gasteiger partial charge in [0, 0.05) is 25.6 Å². The maximum Gasteiger partial charge on any atom is 0.287 e. The first kappa shape index (κ1) is 17.3. The van der Waals surface area contributed by atoms with Crippen molar-refractivity contribution < 1.29 is 14.0 Å². The second kappa shape index (κ2) is 8.01. The van der Waals surface area contributed by atoms with Crippen LogP contribution in [0.15, 0.2) is 47.1 Å². The minimum absolute atomic E-state index is 0.0958. The smallest absolute Gasteiger partial charge is 0.287 e. The number of aryl methyl sites for hydroxylation is 2. The van der Waals surface area contributed by atoms with Crippen molar-refractivity contribution >= 4 is 11.8 Å². The molecule has 0 radical (unpaired) electrons. The molecular weight excluding hydrogens is 316 g/mol. The number of carbonyl (C=O) groups is 2. The van der Waals surface area contributed by atoms with E-state index in [1.165, 1.54) is 17.4 Å². The predicted octanol–water partition coefficient (Wildman–Crippen LogP) is 2.94. The lowest BCUT2D eigenvalue weighted by atomic mass is 10.0. The van der Waals surface area contributed by atoms with Gasteiger partial charge >= 0.3 is 0 Å². The van der Waals surface area contributed by atoms with Crippen LogP contribution >= 0.6 is 0 Å². The maximum absolute atomic E-state index is 12.4. The van der Waals surface area contributed by atoms with Crippen molar-refractivity contribution in [1.82, 2.24) is 10.2 Å². The van der Waals surface area contributed by atoms with Crippen LogP contribution < -0.4 is 5.32 Å². The molecule has 25 heavy (non-hydrogen) atoms. The monoisotopic (exact) mass is 340 g/mol. The Kier molecular flexibility index (Phi) is 5.53. The third-order valence-electron chi connectivity index (χ3n) is 4.64. The SMILES string of the molecule is Cc1cccc(CCC(=O)N2CCC(NC(=O)c3ccco3)CC2)c1. The number of likely N-dealkylation sites (tertiary alicyclic amines) is 1. The molecule has 0 atom stereocenters. The van der Waals surface area contributed by atoms with E-state index in [1.807, 2.05) is 11.0 Å². The molecule has 5 heteroatoms. The molecule has 0 unspecified atom stereocenters. The molecule has 0 aliphatic carbocycles. The Morgan fingerprint density at radius 2 is 2.00 bits per heavy atom. The Morgan fingerprint density at radius 3 is 2.68 bits per heavy atom. The average Bonchev–Trinajstić information content (AvgIpc) is 3.15. The van der Waals surface area contributed by atoms with Crippen LogP contribution in [0.4, 0.5) is 0 Å². The summed E-state index contributed by atoms with van der Waals surface area (Å²) in [5.41, 5.74) is 2.42. The maximum atomic E-state index is 12.4. The molecule has 1 aromatic heterocycles. The molecule has 1 aliphatic rings. The molecule has 0 bridgehead atoms. The van der Waals surface area contributed by atoms with Gasteiger partial charge in [-0.05, 0) is 43.9 Å². The normalized spacial score (nSPS) is 15.2. The number of hydrogen-bond donors (Lipinski definition) is 1. The first-order valence-corrected chi connectivity index (χ1v) is 8.79. The van der Waals surface area contributed by atoms with Gasteiger partial charge in [0.2, 0.25) is 5.91 Å². The summed E-state index contributed by atoms with van der Waals surface area (Å²) in [6, 6.07) is 11.7. The van der Waals surface area contributed by atoms with Gasteiger partial charge in [-0.2, -0.15) is 0 Å². The van der Waals surface area contributed by atoms with Gasteiger partial charge in [-0.1, -0.05) is 29.8 Å². The topological polar surface area (TPSA) is 62.6 Å². The molecule has 1 aromatic carbocycles. The molecule has 0 spiro atoms. The fraction of sp³-hybridized carbons (Fsp3) is 0.400. The van der Waals surface area contributed by atoms with Gasteiger partial charge in [0.15, 0.2) is 5.76 Å². The molecule has 0 saturated carbocycles. The van der Waals surface area contributed by atoms with Gasteiger partial charge in [0.1, 0.15) is 0 Å². The minimum Gasteiger partial charge on any atom is -0.459 e. The van der Waals surface area contributed by atoms with Crippen LogP contribution in [0.5, 0.6) is 0 Å². The molecule has 1 aliphatic heterocycles. The Labute approximate surface area is 148 Å². The lowest BCUT2D eigenvalue weighted by Crippen LogP contribution is -2.46. The van der Waals surface area contributed by atoms with E-state index in [-0.39, 0.29) is 17.9 Å². The zero-order valence-electron chi connectivity index (χ0n) is 14.5. The predicted molar refractivity (Wildman–Crippen MR) is 95.3 cm³/mol. The van der Waals surface area contributed by atoms with Crippen LogP contribution in [0, 0.1) is 6.92 Å². The van der Waals surface area contributed by atoms with Gasteiger partial charge < -0.3 is 14.6 Å². The van der Waals surface area contributed by atoms with E-state index in [1.54, 1.807) is 12.1 Å². The second-order valence-corrected chi connectivity index (χ2v) is 6.59. The highest BCUT2D eigenvalue weighted by Crippen LogP contribution is 2.14. The number of furan rings is 1. The molecule has 2 heterocycles. The third kappa shape index (κ3) is 4.72. The van der Waals surface area contributed by atoms with Crippen molar-refractivity contribution in [2.45, 2.75) is 38.6 Å². The Hall–Kier alpha value is -2.56. The summed E-state index contributed by atoms with van der Waals surface area (Å²) in [5, 5.41) is 2.97. The molecule has 2 amide bonds. The number of nitrogens with zero attached hydrogens (tertiary/aromatic N) is 1. The largest absolute Gasteiger partial charge is 0.459 e. The molecule has 132 valence electrons. The first-order chi connectivity index (χ1) is 12.1. The number of rotatable bonds is 5. The van der Waals surface area contributed by atoms with Gasteiger partial charge in [0.05, 0.1) is 6.26 Å². The quantitative estimate of drug-likeness (QED) is 0.910. The lowest BCUT2D eigenvalue weighted by Gasteiger charge is -2.32. The molecule has 3 rings (SSSR count). The van der Waals surface area contributed by atoms with E-state index in [2.05, 4.69) is 30.4 Å². The average molecular weight is 340 g/mol. The van der Waals surface area contributed by atoms with Crippen molar-refractivity contribution in [3.63, 3.8) is 0 Å². The van der Waals surface area contributed by atoms with Crippen molar-refractivity contribution in [2.75, 3.05) is 13.1 Å². The first-order valence-electron chi connectivity index (χ1n) is 8.79. The summed E-state index contributed by atoms with van der Waals surface area (Å²) in [6.45, 7) is 3.44. The zero-order chi connectivity index (χ0) is 17.6. The van der Waals surface area contributed by atoms with Crippen molar-refractivity contribution in [1.29, 1.82) is 0 Å². The molecule has 1 N–H and O–H groups in total. The van der Waals surface area contributed by atoms with Crippen LogP contribution in [0.2, 0.25) is 0 Å².